The van der Waals surface area contributed by atoms with E-state index in [0.717, 1.165) is 44.1 Å². The van der Waals surface area contributed by atoms with Gasteiger partial charge in [-0.25, -0.2) is 9.50 Å². The summed E-state index contributed by atoms with van der Waals surface area (Å²) in [7, 11) is 1.98. The fourth-order valence-electron chi connectivity index (χ4n) is 3.05. The van der Waals surface area contributed by atoms with Crippen LogP contribution >= 0.6 is 0 Å². The van der Waals surface area contributed by atoms with E-state index < -0.39 is 0 Å². The second kappa shape index (κ2) is 6.44. The molecule has 6 heteroatoms. The molecular formula is C16H23N5O. The van der Waals surface area contributed by atoms with Gasteiger partial charge < -0.3 is 10.2 Å². The summed E-state index contributed by atoms with van der Waals surface area (Å²) < 4.78 is 1.67. The number of likely N-dealkylation sites (tertiary alicyclic amines) is 1. The van der Waals surface area contributed by atoms with E-state index in [-0.39, 0.29) is 5.91 Å². The molecule has 2 aromatic rings. The molecule has 1 aliphatic rings. The fourth-order valence-corrected chi connectivity index (χ4v) is 3.05. The SMILES string of the molecule is CNCCC1CCN(C(=O)c2cnn3ccc(C)nc23)CC1. The highest BCUT2D eigenvalue weighted by atomic mass is 16.2. The number of carbonyl (C=O) groups is 1. The van der Waals surface area contributed by atoms with E-state index in [1.165, 1.54) is 6.42 Å². The second-order valence-electron chi connectivity index (χ2n) is 6.02. The first-order valence-electron chi connectivity index (χ1n) is 7.94. The molecule has 1 aliphatic heterocycles. The number of piperidine rings is 1. The van der Waals surface area contributed by atoms with Crippen LogP contribution in [0, 0.1) is 12.8 Å². The van der Waals surface area contributed by atoms with Crippen LogP contribution in [-0.2, 0) is 0 Å². The molecule has 0 aromatic carbocycles. The minimum absolute atomic E-state index is 0.0557. The second-order valence-corrected chi connectivity index (χ2v) is 6.02. The number of rotatable bonds is 4. The minimum Gasteiger partial charge on any atom is -0.338 e. The summed E-state index contributed by atoms with van der Waals surface area (Å²) in [4.78, 5) is 19.1. The van der Waals surface area contributed by atoms with Gasteiger partial charge in [-0.15, -0.1) is 0 Å². The summed E-state index contributed by atoms with van der Waals surface area (Å²) in [6, 6.07) is 1.89. The molecule has 6 nitrogen and oxygen atoms in total. The van der Waals surface area contributed by atoms with Gasteiger partial charge in [0.1, 0.15) is 5.56 Å². The molecule has 0 saturated carbocycles. The lowest BCUT2D eigenvalue weighted by Crippen LogP contribution is -2.39. The number of carbonyl (C=O) groups excluding carboxylic acids is 1. The van der Waals surface area contributed by atoms with Crippen molar-refractivity contribution in [3.63, 3.8) is 0 Å². The smallest absolute Gasteiger partial charge is 0.259 e. The van der Waals surface area contributed by atoms with E-state index >= 15 is 0 Å². The van der Waals surface area contributed by atoms with Crippen molar-refractivity contribution in [3.05, 3.63) is 29.7 Å². The van der Waals surface area contributed by atoms with Crippen LogP contribution in [0.15, 0.2) is 18.5 Å². The molecule has 1 fully saturated rings. The predicted octanol–water partition coefficient (Wildman–Crippen LogP) is 1.50. The summed E-state index contributed by atoms with van der Waals surface area (Å²) >= 11 is 0. The molecule has 1 saturated heterocycles. The standard InChI is InChI=1S/C16H23N5O/c1-12-4-10-21-15(19-12)14(11-18-21)16(22)20-8-5-13(6-9-20)3-7-17-2/h4,10-11,13,17H,3,5-9H2,1-2H3. The van der Waals surface area contributed by atoms with Gasteiger partial charge in [-0.1, -0.05) is 0 Å². The third-order valence-electron chi connectivity index (χ3n) is 4.44. The number of hydrogen-bond donors (Lipinski definition) is 1. The summed E-state index contributed by atoms with van der Waals surface area (Å²) in [5, 5.41) is 7.43. The monoisotopic (exact) mass is 301 g/mol. The van der Waals surface area contributed by atoms with E-state index in [9.17, 15) is 4.79 Å². The molecule has 0 radical (unpaired) electrons. The van der Waals surface area contributed by atoms with Crippen LogP contribution in [0.1, 0.15) is 35.3 Å². The van der Waals surface area contributed by atoms with Gasteiger partial charge in [0.25, 0.3) is 5.91 Å². The normalized spacial score (nSPS) is 16.4. The van der Waals surface area contributed by atoms with Gasteiger partial charge in [-0.2, -0.15) is 5.10 Å². The molecule has 118 valence electrons. The van der Waals surface area contributed by atoms with Crippen molar-refractivity contribution < 1.29 is 4.79 Å². The average molecular weight is 301 g/mol. The zero-order valence-electron chi connectivity index (χ0n) is 13.2. The Kier molecular flexibility index (Phi) is 4.38. The van der Waals surface area contributed by atoms with Gasteiger partial charge in [-0.05, 0) is 51.8 Å². The van der Waals surface area contributed by atoms with Gasteiger partial charge in [0.05, 0.1) is 6.20 Å². The van der Waals surface area contributed by atoms with Gasteiger partial charge in [-0.3, -0.25) is 4.79 Å². The molecule has 22 heavy (non-hydrogen) atoms. The average Bonchev–Trinajstić information content (AvgIpc) is 2.95. The molecule has 0 aliphatic carbocycles. The van der Waals surface area contributed by atoms with Crippen LogP contribution in [0.25, 0.3) is 5.65 Å². The number of nitrogens with one attached hydrogen (secondary N) is 1. The number of amides is 1. The lowest BCUT2D eigenvalue weighted by atomic mass is 9.93. The van der Waals surface area contributed by atoms with Gasteiger partial charge in [0.2, 0.25) is 0 Å². The number of fused-ring (bicyclic) bond motifs is 1. The zero-order chi connectivity index (χ0) is 15.5. The molecule has 0 spiro atoms. The molecule has 1 N–H and O–H groups in total. The summed E-state index contributed by atoms with van der Waals surface area (Å²) in [5.74, 6) is 0.779. The third-order valence-corrected chi connectivity index (χ3v) is 4.44. The van der Waals surface area contributed by atoms with Crippen molar-refractivity contribution in [2.75, 3.05) is 26.7 Å². The Morgan fingerprint density at radius 2 is 2.18 bits per heavy atom. The lowest BCUT2D eigenvalue weighted by molar-refractivity contribution is 0.0689. The van der Waals surface area contributed by atoms with Crippen molar-refractivity contribution in [1.82, 2.24) is 24.8 Å². The van der Waals surface area contributed by atoms with E-state index in [1.54, 1.807) is 10.7 Å². The van der Waals surface area contributed by atoms with Crippen LogP contribution < -0.4 is 5.32 Å². The van der Waals surface area contributed by atoms with Crippen LogP contribution in [0.4, 0.5) is 0 Å². The van der Waals surface area contributed by atoms with Crippen LogP contribution in [-0.4, -0.2) is 52.1 Å². The Bertz CT molecular complexity index is 658. The third kappa shape index (κ3) is 2.97. The summed E-state index contributed by atoms with van der Waals surface area (Å²) in [5.41, 5.74) is 2.16. The van der Waals surface area contributed by atoms with Crippen molar-refractivity contribution >= 4 is 11.6 Å². The molecular weight excluding hydrogens is 278 g/mol. The number of nitrogens with zero attached hydrogens (tertiary/aromatic N) is 4. The number of aryl methyl sites for hydroxylation is 1. The highest BCUT2D eigenvalue weighted by Crippen LogP contribution is 2.22. The first-order chi connectivity index (χ1) is 10.7. The van der Waals surface area contributed by atoms with E-state index in [0.29, 0.717) is 11.2 Å². The number of hydrogen-bond acceptors (Lipinski definition) is 4. The molecule has 0 unspecified atom stereocenters. The maximum atomic E-state index is 12.7. The first-order valence-corrected chi connectivity index (χ1v) is 7.94. The predicted molar refractivity (Wildman–Crippen MR) is 84.9 cm³/mol. The minimum atomic E-state index is 0.0557. The van der Waals surface area contributed by atoms with Crippen molar-refractivity contribution in [3.8, 4) is 0 Å². The maximum absolute atomic E-state index is 12.7. The Labute approximate surface area is 130 Å². The van der Waals surface area contributed by atoms with Crippen LogP contribution in [0.2, 0.25) is 0 Å². The molecule has 1 amide bonds. The Morgan fingerprint density at radius 3 is 2.91 bits per heavy atom. The molecule has 0 bridgehead atoms. The molecule has 3 rings (SSSR count). The van der Waals surface area contributed by atoms with E-state index in [4.69, 9.17) is 0 Å². The Morgan fingerprint density at radius 1 is 1.41 bits per heavy atom. The molecule has 2 aromatic heterocycles. The van der Waals surface area contributed by atoms with Gasteiger partial charge in [0.15, 0.2) is 5.65 Å². The van der Waals surface area contributed by atoms with Crippen LogP contribution in [0.5, 0.6) is 0 Å². The quantitative estimate of drug-likeness (QED) is 0.929. The number of aromatic nitrogens is 3. The van der Waals surface area contributed by atoms with E-state index in [2.05, 4.69) is 15.4 Å². The van der Waals surface area contributed by atoms with Gasteiger partial charge >= 0.3 is 0 Å². The van der Waals surface area contributed by atoms with Crippen molar-refractivity contribution in [2.24, 2.45) is 5.92 Å². The summed E-state index contributed by atoms with van der Waals surface area (Å²) in [6.45, 7) is 4.64. The van der Waals surface area contributed by atoms with Crippen molar-refractivity contribution in [2.45, 2.75) is 26.2 Å². The maximum Gasteiger partial charge on any atom is 0.259 e. The highest BCUT2D eigenvalue weighted by molar-refractivity contribution is 5.99. The Hall–Kier alpha value is -1.95. The molecule has 0 atom stereocenters. The first kappa shape index (κ1) is 15.0. The topological polar surface area (TPSA) is 62.5 Å². The molecule has 3 heterocycles. The van der Waals surface area contributed by atoms with Crippen molar-refractivity contribution in [1.29, 1.82) is 0 Å². The Balaban J connectivity index is 1.70. The van der Waals surface area contributed by atoms with Crippen LogP contribution in [0.3, 0.4) is 0 Å². The fraction of sp³-hybridized carbons (Fsp3) is 0.562. The largest absolute Gasteiger partial charge is 0.338 e. The summed E-state index contributed by atoms with van der Waals surface area (Å²) in [6.07, 6.45) is 6.84. The van der Waals surface area contributed by atoms with Gasteiger partial charge in [0, 0.05) is 25.0 Å². The lowest BCUT2D eigenvalue weighted by Gasteiger charge is -2.31. The van der Waals surface area contributed by atoms with E-state index in [1.807, 2.05) is 31.1 Å². The zero-order valence-corrected chi connectivity index (χ0v) is 13.2. The highest BCUT2D eigenvalue weighted by Gasteiger charge is 2.25.